The van der Waals surface area contributed by atoms with Crippen LogP contribution in [-0.2, 0) is 14.3 Å². The Labute approximate surface area is 321 Å². The second-order valence-electron chi connectivity index (χ2n) is 13.7. The first kappa shape index (κ1) is 48.4. The predicted molar refractivity (Wildman–Crippen MR) is 216 cm³/mol. The Morgan fingerprint density at radius 1 is 0.660 bits per heavy atom. The van der Waals surface area contributed by atoms with Crippen LogP contribution in [0.3, 0.4) is 0 Å². The first-order valence-corrected chi connectivity index (χ1v) is 20.3. The maximum Gasteiger partial charge on any atom is 0.220 e. The molecule has 9 nitrogen and oxygen atoms in total. The fourth-order valence-electron chi connectivity index (χ4n) is 5.65. The van der Waals surface area contributed by atoms with Gasteiger partial charge in [0.1, 0.15) is 24.4 Å². The average molecular weight is 744 g/mol. The third-order valence-electron chi connectivity index (χ3n) is 8.91. The van der Waals surface area contributed by atoms with Crippen molar-refractivity contribution in [3.05, 3.63) is 85.1 Å². The summed E-state index contributed by atoms with van der Waals surface area (Å²) in [7, 11) is 0. The van der Waals surface area contributed by atoms with Crippen molar-refractivity contribution in [2.75, 3.05) is 13.2 Å². The molecule has 1 fully saturated rings. The summed E-state index contributed by atoms with van der Waals surface area (Å²) >= 11 is 0. The number of aliphatic hydroxyl groups excluding tert-OH is 5. The highest BCUT2D eigenvalue weighted by atomic mass is 16.7. The number of aliphatic hydroxyl groups is 5. The molecule has 1 aliphatic rings. The summed E-state index contributed by atoms with van der Waals surface area (Å²) in [6.07, 6.45) is 39.1. The Balaban J connectivity index is 2.43. The number of unbranched alkanes of at least 4 members (excludes halogenated alkanes) is 9. The topological polar surface area (TPSA) is 149 Å². The molecule has 6 N–H and O–H groups in total. The predicted octanol–water partition coefficient (Wildman–Crippen LogP) is 7.60. The van der Waals surface area contributed by atoms with Crippen molar-refractivity contribution in [2.24, 2.45) is 0 Å². The van der Waals surface area contributed by atoms with E-state index in [2.05, 4.69) is 92.1 Å². The molecular weight excluding hydrogens is 670 g/mol. The number of ether oxygens (including phenoxy) is 2. The lowest BCUT2D eigenvalue weighted by molar-refractivity contribution is -0.302. The van der Waals surface area contributed by atoms with E-state index in [0.717, 1.165) is 109 Å². The number of carbonyl (C=O) groups excluding carboxylic acids is 1. The van der Waals surface area contributed by atoms with Gasteiger partial charge in [-0.2, -0.15) is 0 Å². The highest BCUT2D eigenvalue weighted by Gasteiger charge is 2.44. The Kier molecular flexibility index (Phi) is 31.0. The van der Waals surface area contributed by atoms with E-state index in [0.29, 0.717) is 6.42 Å². The van der Waals surface area contributed by atoms with Crippen LogP contribution in [0.1, 0.15) is 129 Å². The van der Waals surface area contributed by atoms with E-state index in [1.165, 1.54) is 0 Å². The van der Waals surface area contributed by atoms with Crippen molar-refractivity contribution in [1.29, 1.82) is 0 Å². The molecule has 7 atom stereocenters. The molecule has 53 heavy (non-hydrogen) atoms. The second kappa shape index (κ2) is 33.9. The molecule has 7 unspecified atom stereocenters. The lowest BCUT2D eigenvalue weighted by atomic mass is 9.99. The number of amides is 1. The number of allylic oxidation sites excluding steroid dienone is 13. The average Bonchev–Trinajstić information content (AvgIpc) is 3.16. The first-order valence-electron chi connectivity index (χ1n) is 20.3. The molecule has 1 rings (SSSR count). The number of nitrogens with one attached hydrogen (secondary N) is 1. The SMILES string of the molecule is CC/C=C\C/C=C\C/C=C\C/C=C\CCCCCCCCC(=O)NC(COC1OC(CO)C(O)C(O)C1O)C(O)/C=C/CC/C=C/CC/C=C/CCC. The van der Waals surface area contributed by atoms with Crippen LogP contribution in [-0.4, -0.2) is 87.5 Å². The molecule has 1 amide bonds. The van der Waals surface area contributed by atoms with Crippen LogP contribution in [0.15, 0.2) is 85.1 Å². The number of rotatable bonds is 31. The van der Waals surface area contributed by atoms with Crippen molar-refractivity contribution in [1.82, 2.24) is 5.32 Å². The Bertz CT molecular complexity index is 1090. The van der Waals surface area contributed by atoms with Gasteiger partial charge in [0, 0.05) is 6.42 Å². The van der Waals surface area contributed by atoms with Crippen LogP contribution in [0, 0.1) is 0 Å². The van der Waals surface area contributed by atoms with Crippen LogP contribution in [0.5, 0.6) is 0 Å². The van der Waals surface area contributed by atoms with Crippen molar-refractivity contribution in [3.8, 4) is 0 Å². The highest BCUT2D eigenvalue weighted by molar-refractivity contribution is 5.76. The van der Waals surface area contributed by atoms with Crippen LogP contribution >= 0.6 is 0 Å². The fraction of sp³-hybridized carbons (Fsp3) is 0.659. The molecule has 9 heteroatoms. The minimum Gasteiger partial charge on any atom is -0.394 e. The Morgan fingerprint density at radius 3 is 1.79 bits per heavy atom. The molecule has 0 saturated carbocycles. The van der Waals surface area contributed by atoms with Gasteiger partial charge in [0.2, 0.25) is 5.91 Å². The number of hydrogen-bond donors (Lipinski definition) is 6. The van der Waals surface area contributed by atoms with Gasteiger partial charge in [0.25, 0.3) is 0 Å². The maximum absolute atomic E-state index is 12.9. The second-order valence-corrected chi connectivity index (χ2v) is 13.7. The summed E-state index contributed by atoms with van der Waals surface area (Å²) in [6.45, 7) is 3.51. The lowest BCUT2D eigenvalue weighted by Crippen LogP contribution is -2.60. The summed E-state index contributed by atoms with van der Waals surface area (Å²) in [5.74, 6) is -0.213. The third kappa shape index (κ3) is 25.1. The first-order chi connectivity index (χ1) is 25.8. The van der Waals surface area contributed by atoms with E-state index in [1.54, 1.807) is 6.08 Å². The van der Waals surface area contributed by atoms with Gasteiger partial charge in [-0.25, -0.2) is 0 Å². The third-order valence-corrected chi connectivity index (χ3v) is 8.91. The standard InChI is InChI=1S/C44H73NO8/c1-3-5-7-9-11-13-15-16-17-18-19-20-21-22-24-26-28-30-32-34-40(48)45-37(36-52-44-43(51)42(50)41(49)39(35-46)53-44)38(47)33-31-29-27-25-23-14-12-10-8-6-4-2/h5,7-8,10-11,13,16-17,19-20,23,25,31,33,37-39,41-44,46-47,49-51H,3-4,6,9,12,14-15,18,21-22,24,26-30,32,34-36H2,1-2H3,(H,45,48)/b7-5-,10-8+,13-11-,17-16-,20-19-,25-23+,33-31+. The lowest BCUT2D eigenvalue weighted by Gasteiger charge is -2.40. The summed E-state index contributed by atoms with van der Waals surface area (Å²) in [4.78, 5) is 12.9. The number of carbonyl (C=O) groups is 1. The zero-order valence-corrected chi connectivity index (χ0v) is 32.7. The monoisotopic (exact) mass is 744 g/mol. The molecule has 1 saturated heterocycles. The van der Waals surface area contributed by atoms with Gasteiger partial charge < -0.3 is 40.3 Å². The smallest absolute Gasteiger partial charge is 0.220 e. The van der Waals surface area contributed by atoms with Crippen LogP contribution in [0.2, 0.25) is 0 Å². The van der Waals surface area contributed by atoms with Gasteiger partial charge in [-0.15, -0.1) is 0 Å². The largest absolute Gasteiger partial charge is 0.394 e. The fourth-order valence-corrected chi connectivity index (χ4v) is 5.65. The van der Waals surface area contributed by atoms with Crippen molar-refractivity contribution >= 4 is 5.91 Å². The van der Waals surface area contributed by atoms with Gasteiger partial charge >= 0.3 is 0 Å². The van der Waals surface area contributed by atoms with Crippen LogP contribution < -0.4 is 5.32 Å². The molecule has 0 bridgehead atoms. The summed E-state index contributed by atoms with van der Waals surface area (Å²) in [5, 5.41) is 53.9. The molecule has 0 aromatic heterocycles. The van der Waals surface area contributed by atoms with Gasteiger partial charge in [-0.05, 0) is 77.0 Å². The molecule has 0 aromatic rings. The molecule has 1 heterocycles. The van der Waals surface area contributed by atoms with Crippen molar-refractivity contribution in [2.45, 2.75) is 172 Å². The Hall–Kier alpha value is -2.63. The summed E-state index contributed by atoms with van der Waals surface area (Å²) in [6, 6.07) is -0.838. The van der Waals surface area contributed by atoms with E-state index in [4.69, 9.17) is 9.47 Å². The molecule has 0 radical (unpaired) electrons. The highest BCUT2D eigenvalue weighted by Crippen LogP contribution is 2.22. The molecule has 1 aliphatic heterocycles. The zero-order valence-electron chi connectivity index (χ0n) is 32.7. The summed E-state index contributed by atoms with van der Waals surface area (Å²) < 4.78 is 11.1. The van der Waals surface area contributed by atoms with Gasteiger partial charge in [-0.1, -0.05) is 131 Å². The molecule has 302 valence electrons. The van der Waals surface area contributed by atoms with E-state index in [-0.39, 0.29) is 12.5 Å². The quantitative estimate of drug-likeness (QED) is 0.0314. The van der Waals surface area contributed by atoms with Gasteiger partial charge in [0.15, 0.2) is 6.29 Å². The van der Waals surface area contributed by atoms with E-state index >= 15 is 0 Å². The van der Waals surface area contributed by atoms with Crippen molar-refractivity contribution < 1.29 is 39.8 Å². The molecular formula is C44H73NO8. The van der Waals surface area contributed by atoms with Crippen molar-refractivity contribution in [3.63, 3.8) is 0 Å². The van der Waals surface area contributed by atoms with Crippen LogP contribution in [0.4, 0.5) is 0 Å². The maximum atomic E-state index is 12.9. The molecule has 0 spiro atoms. The minimum absolute atomic E-state index is 0.213. The normalized spacial score (nSPS) is 22.6. The molecule has 0 aromatic carbocycles. The zero-order chi connectivity index (χ0) is 38.8. The van der Waals surface area contributed by atoms with Gasteiger partial charge in [0.05, 0.1) is 25.4 Å². The number of hydrogen-bond acceptors (Lipinski definition) is 8. The Morgan fingerprint density at radius 2 is 1.19 bits per heavy atom. The van der Waals surface area contributed by atoms with E-state index in [9.17, 15) is 30.3 Å². The van der Waals surface area contributed by atoms with E-state index in [1.807, 2.05) is 6.08 Å². The van der Waals surface area contributed by atoms with Gasteiger partial charge in [-0.3, -0.25) is 4.79 Å². The minimum atomic E-state index is -1.58. The summed E-state index contributed by atoms with van der Waals surface area (Å²) in [5.41, 5.74) is 0. The molecule has 0 aliphatic carbocycles. The van der Waals surface area contributed by atoms with E-state index < -0.39 is 49.5 Å². The van der Waals surface area contributed by atoms with Crippen LogP contribution in [0.25, 0.3) is 0 Å².